The molecule has 0 aliphatic heterocycles. The molecule has 74 valence electrons. The lowest BCUT2D eigenvalue weighted by Gasteiger charge is -2.06. The van der Waals surface area contributed by atoms with Gasteiger partial charge in [0.15, 0.2) is 6.29 Å². The first kappa shape index (κ1) is 10.5. The third-order valence-electron chi connectivity index (χ3n) is 2.16. The smallest absolute Gasteiger partial charge is 0.166 e. The van der Waals surface area contributed by atoms with Crippen LogP contribution in [-0.2, 0) is 11.3 Å². The van der Waals surface area contributed by atoms with Crippen molar-refractivity contribution in [2.24, 2.45) is 0 Å². The van der Waals surface area contributed by atoms with E-state index in [1.54, 1.807) is 17.7 Å². The molecule has 0 saturated carbocycles. The summed E-state index contributed by atoms with van der Waals surface area (Å²) in [5.74, 6) is 0. The van der Waals surface area contributed by atoms with Gasteiger partial charge in [0.1, 0.15) is 6.07 Å². The van der Waals surface area contributed by atoms with Crippen LogP contribution in [0.3, 0.4) is 0 Å². The second kappa shape index (κ2) is 4.58. The Morgan fingerprint density at radius 3 is 2.93 bits per heavy atom. The maximum Gasteiger partial charge on any atom is 0.166 e. The molecule has 1 aromatic rings. The first-order valence-corrected chi connectivity index (χ1v) is 4.29. The minimum atomic E-state index is 0.524. The van der Waals surface area contributed by atoms with Gasteiger partial charge in [0, 0.05) is 19.3 Å². The standard InChI is InChI=1S/C10H12N2O2/c1-8-9(6-11)5-10(7-13)12(8)3-4-14-2/h5,7H,3-4H2,1-2H3. The summed E-state index contributed by atoms with van der Waals surface area (Å²) in [5, 5.41) is 8.77. The zero-order valence-corrected chi connectivity index (χ0v) is 8.28. The van der Waals surface area contributed by atoms with E-state index in [-0.39, 0.29) is 0 Å². The van der Waals surface area contributed by atoms with Gasteiger partial charge in [0.05, 0.1) is 17.9 Å². The Morgan fingerprint density at radius 1 is 1.71 bits per heavy atom. The van der Waals surface area contributed by atoms with Crippen LogP contribution in [0.4, 0.5) is 0 Å². The highest BCUT2D eigenvalue weighted by Gasteiger charge is 2.09. The van der Waals surface area contributed by atoms with Crippen LogP contribution < -0.4 is 0 Å². The van der Waals surface area contributed by atoms with E-state index in [9.17, 15) is 4.79 Å². The normalized spacial score (nSPS) is 9.79. The minimum Gasteiger partial charge on any atom is -0.383 e. The van der Waals surface area contributed by atoms with Gasteiger partial charge in [-0.05, 0) is 13.0 Å². The zero-order valence-electron chi connectivity index (χ0n) is 8.28. The lowest BCUT2D eigenvalue weighted by atomic mass is 10.3. The molecule has 0 N–H and O–H groups in total. The number of methoxy groups -OCH3 is 1. The number of hydrogen-bond donors (Lipinski definition) is 0. The van der Waals surface area contributed by atoms with Gasteiger partial charge < -0.3 is 9.30 Å². The molecule has 1 heterocycles. The van der Waals surface area contributed by atoms with Crippen LogP contribution in [0.1, 0.15) is 21.7 Å². The fourth-order valence-corrected chi connectivity index (χ4v) is 1.36. The lowest BCUT2D eigenvalue weighted by Crippen LogP contribution is -2.08. The number of ether oxygens (including phenoxy) is 1. The van der Waals surface area contributed by atoms with Crippen LogP contribution in [-0.4, -0.2) is 24.6 Å². The number of rotatable bonds is 4. The average Bonchev–Trinajstić information content (AvgIpc) is 2.52. The van der Waals surface area contributed by atoms with Crippen LogP contribution >= 0.6 is 0 Å². The summed E-state index contributed by atoms with van der Waals surface area (Å²) in [6.45, 7) is 2.94. The van der Waals surface area contributed by atoms with Gasteiger partial charge in [0.2, 0.25) is 0 Å². The monoisotopic (exact) mass is 192 g/mol. The van der Waals surface area contributed by atoms with Gasteiger partial charge in [-0.1, -0.05) is 0 Å². The molecule has 0 fully saturated rings. The molecule has 1 aromatic heterocycles. The SMILES string of the molecule is COCCn1c(C=O)cc(C#N)c1C. The summed E-state index contributed by atoms with van der Waals surface area (Å²) in [5.41, 5.74) is 1.88. The number of nitrogens with zero attached hydrogens (tertiary/aromatic N) is 2. The Bertz CT molecular complexity index is 374. The molecule has 0 aliphatic rings. The highest BCUT2D eigenvalue weighted by atomic mass is 16.5. The summed E-state index contributed by atoms with van der Waals surface area (Å²) < 4.78 is 6.71. The van der Waals surface area contributed by atoms with Crippen molar-refractivity contribution in [1.82, 2.24) is 4.57 Å². The second-order valence-electron chi connectivity index (χ2n) is 2.94. The number of hydrogen-bond acceptors (Lipinski definition) is 3. The number of aromatic nitrogens is 1. The van der Waals surface area contributed by atoms with Crippen LogP contribution in [0.5, 0.6) is 0 Å². The molecule has 4 nitrogen and oxygen atoms in total. The molecule has 0 radical (unpaired) electrons. The molecule has 0 spiro atoms. The van der Waals surface area contributed by atoms with Crippen LogP contribution in [0, 0.1) is 18.3 Å². The molecule has 0 aliphatic carbocycles. The maximum absolute atomic E-state index is 10.7. The van der Waals surface area contributed by atoms with Crippen molar-refractivity contribution in [3.8, 4) is 6.07 Å². The van der Waals surface area contributed by atoms with E-state index < -0.39 is 0 Å². The van der Waals surface area contributed by atoms with E-state index in [4.69, 9.17) is 10.00 Å². The number of aldehydes is 1. The lowest BCUT2D eigenvalue weighted by molar-refractivity contribution is 0.111. The number of nitriles is 1. The third-order valence-corrected chi connectivity index (χ3v) is 2.16. The quantitative estimate of drug-likeness (QED) is 0.672. The topological polar surface area (TPSA) is 55.0 Å². The van der Waals surface area contributed by atoms with Gasteiger partial charge in [-0.3, -0.25) is 4.79 Å². The molecular formula is C10H12N2O2. The fraction of sp³-hybridized carbons (Fsp3) is 0.400. The minimum absolute atomic E-state index is 0.524. The largest absolute Gasteiger partial charge is 0.383 e. The van der Waals surface area contributed by atoms with E-state index in [1.807, 2.05) is 13.0 Å². The van der Waals surface area contributed by atoms with E-state index >= 15 is 0 Å². The van der Waals surface area contributed by atoms with Crippen molar-refractivity contribution in [3.05, 3.63) is 23.0 Å². The van der Waals surface area contributed by atoms with Gasteiger partial charge >= 0.3 is 0 Å². The molecule has 0 saturated heterocycles. The summed E-state index contributed by atoms with van der Waals surface area (Å²) in [7, 11) is 1.60. The van der Waals surface area contributed by atoms with Crippen molar-refractivity contribution >= 4 is 6.29 Å². The average molecular weight is 192 g/mol. The molecule has 0 amide bonds. The highest BCUT2D eigenvalue weighted by molar-refractivity contribution is 5.74. The predicted molar refractivity (Wildman–Crippen MR) is 51.1 cm³/mol. The first-order valence-electron chi connectivity index (χ1n) is 4.29. The molecule has 0 unspecified atom stereocenters. The molecule has 14 heavy (non-hydrogen) atoms. The predicted octanol–water partition coefficient (Wildman–Crippen LogP) is 1.13. The van der Waals surface area contributed by atoms with E-state index in [2.05, 4.69) is 0 Å². The molecular weight excluding hydrogens is 180 g/mol. The summed E-state index contributed by atoms with van der Waals surface area (Å²) >= 11 is 0. The zero-order chi connectivity index (χ0) is 10.6. The Kier molecular flexibility index (Phi) is 3.43. The maximum atomic E-state index is 10.7. The summed E-state index contributed by atoms with van der Waals surface area (Å²) in [6.07, 6.45) is 0.753. The van der Waals surface area contributed by atoms with Crippen molar-refractivity contribution in [1.29, 1.82) is 5.26 Å². The molecule has 4 heteroatoms. The van der Waals surface area contributed by atoms with Crippen LogP contribution in [0.2, 0.25) is 0 Å². The van der Waals surface area contributed by atoms with E-state index in [0.717, 1.165) is 12.0 Å². The van der Waals surface area contributed by atoms with Crippen molar-refractivity contribution in [2.45, 2.75) is 13.5 Å². The van der Waals surface area contributed by atoms with Gasteiger partial charge in [-0.25, -0.2) is 0 Å². The fourth-order valence-electron chi connectivity index (χ4n) is 1.36. The molecule has 1 rings (SSSR count). The van der Waals surface area contributed by atoms with Crippen LogP contribution in [0.25, 0.3) is 0 Å². The van der Waals surface area contributed by atoms with Gasteiger partial charge in [-0.15, -0.1) is 0 Å². The second-order valence-corrected chi connectivity index (χ2v) is 2.94. The number of carbonyl (C=O) groups is 1. The van der Waals surface area contributed by atoms with Crippen molar-refractivity contribution in [2.75, 3.05) is 13.7 Å². The Labute approximate surface area is 82.7 Å². The molecule has 0 aromatic carbocycles. The summed E-state index contributed by atoms with van der Waals surface area (Å²) in [4.78, 5) is 10.7. The van der Waals surface area contributed by atoms with Crippen molar-refractivity contribution in [3.63, 3.8) is 0 Å². The van der Waals surface area contributed by atoms with Crippen LogP contribution in [0.15, 0.2) is 6.07 Å². The van der Waals surface area contributed by atoms with Gasteiger partial charge in [-0.2, -0.15) is 5.26 Å². The first-order chi connectivity index (χ1) is 6.74. The Morgan fingerprint density at radius 2 is 2.43 bits per heavy atom. The Hall–Kier alpha value is -1.60. The molecule has 0 bridgehead atoms. The summed E-state index contributed by atoms with van der Waals surface area (Å²) in [6, 6.07) is 3.64. The van der Waals surface area contributed by atoms with E-state index in [0.29, 0.717) is 24.4 Å². The Balaban J connectivity index is 3.06. The van der Waals surface area contributed by atoms with Gasteiger partial charge in [0.25, 0.3) is 0 Å². The van der Waals surface area contributed by atoms with E-state index in [1.165, 1.54) is 0 Å². The molecule has 0 atom stereocenters. The van der Waals surface area contributed by atoms with Crippen molar-refractivity contribution < 1.29 is 9.53 Å². The highest BCUT2D eigenvalue weighted by Crippen LogP contribution is 2.12. The number of carbonyl (C=O) groups excluding carboxylic acids is 1. The third kappa shape index (κ3) is 1.83.